The van der Waals surface area contributed by atoms with Gasteiger partial charge in [-0.2, -0.15) is 0 Å². The number of benzene rings is 7. The molecule has 5 heterocycles. The number of rotatable bonds is 3. The molecule has 12 rings (SSSR count). The minimum absolute atomic E-state index is 0.879. The summed E-state index contributed by atoms with van der Waals surface area (Å²) in [6.45, 7) is 0. The van der Waals surface area contributed by atoms with Crippen LogP contribution in [0.15, 0.2) is 152 Å². The van der Waals surface area contributed by atoms with E-state index in [0.717, 1.165) is 66.7 Å². The van der Waals surface area contributed by atoms with Crippen LogP contribution < -0.4 is 4.90 Å². The number of hydrogen-bond acceptors (Lipinski definition) is 3. The molecule has 5 heteroatoms. The van der Waals surface area contributed by atoms with Gasteiger partial charge in [0.25, 0.3) is 0 Å². The van der Waals surface area contributed by atoms with E-state index in [2.05, 4.69) is 165 Å². The first kappa shape index (κ1) is 25.4. The minimum atomic E-state index is 0.879. The molecule has 0 unspecified atom stereocenters. The second kappa shape index (κ2) is 9.00. The van der Waals surface area contributed by atoms with Crippen molar-refractivity contribution < 1.29 is 0 Å². The lowest BCUT2D eigenvalue weighted by molar-refractivity contribution is 1.23. The Balaban J connectivity index is 1.32. The van der Waals surface area contributed by atoms with Gasteiger partial charge in [-0.15, -0.1) is 0 Å². The molecule has 0 N–H and O–H groups in total. The number of aromatic nitrogens is 4. The van der Waals surface area contributed by atoms with Crippen LogP contribution >= 0.6 is 0 Å². The van der Waals surface area contributed by atoms with Crippen LogP contribution in [-0.2, 0) is 0 Å². The van der Waals surface area contributed by atoms with Crippen LogP contribution in [0.25, 0.3) is 87.5 Å². The van der Waals surface area contributed by atoms with E-state index in [9.17, 15) is 0 Å². The molecule has 5 nitrogen and oxygen atoms in total. The normalized spacial score (nSPS) is 12.5. The summed E-state index contributed by atoms with van der Waals surface area (Å²) in [5, 5.41) is 9.59. The summed E-state index contributed by atoms with van der Waals surface area (Å²) in [7, 11) is 0. The van der Waals surface area contributed by atoms with E-state index in [0.29, 0.717) is 0 Å². The molecule has 0 aliphatic carbocycles. The number of fused-ring (bicyclic) bond motifs is 14. The second-order valence-electron chi connectivity index (χ2n) is 13.0. The van der Waals surface area contributed by atoms with Crippen LogP contribution in [0.4, 0.5) is 17.1 Å². The monoisotopic (exact) mass is 623 g/mol. The Morgan fingerprint density at radius 3 is 1.65 bits per heavy atom. The molecule has 5 aromatic heterocycles. The summed E-state index contributed by atoms with van der Waals surface area (Å²) in [6, 6.07) is 54.3. The Kier molecular flexibility index (Phi) is 4.66. The van der Waals surface area contributed by atoms with Crippen molar-refractivity contribution in [2.45, 2.75) is 0 Å². The molecule has 0 atom stereocenters. The largest absolute Gasteiger partial charge is 0.308 e. The van der Waals surface area contributed by atoms with Crippen LogP contribution in [0.3, 0.4) is 0 Å². The highest BCUT2D eigenvalue weighted by molar-refractivity contribution is 6.31. The van der Waals surface area contributed by atoms with Crippen molar-refractivity contribution in [1.82, 2.24) is 18.8 Å². The minimum Gasteiger partial charge on any atom is -0.308 e. The standard InChI is InChI=1S/C44H25N5/c1-3-14-27(15-4-1)47(28-16-5-2-6-17-28)36-25-26-13-7-8-18-29(26)37-32-21-12-23-34-39-44(49(41(32)34)42(36)37)46-38-33-22-11-20-31-30-19-9-10-24-35(30)48(40(31)33)43(38)45-39/h1-25H. The van der Waals surface area contributed by atoms with E-state index in [1.807, 2.05) is 0 Å². The van der Waals surface area contributed by atoms with E-state index < -0.39 is 0 Å². The fourth-order valence-corrected chi connectivity index (χ4v) is 8.59. The van der Waals surface area contributed by atoms with E-state index in [1.54, 1.807) is 0 Å². The van der Waals surface area contributed by atoms with Gasteiger partial charge in [0.15, 0.2) is 11.3 Å². The van der Waals surface area contributed by atoms with Gasteiger partial charge in [-0.05, 0) is 47.2 Å². The van der Waals surface area contributed by atoms with E-state index in [4.69, 9.17) is 9.97 Å². The predicted molar refractivity (Wildman–Crippen MR) is 204 cm³/mol. The predicted octanol–water partition coefficient (Wildman–Crippen LogP) is 11.4. The van der Waals surface area contributed by atoms with Gasteiger partial charge in [-0.1, -0.05) is 115 Å². The molecule has 0 aliphatic rings. The van der Waals surface area contributed by atoms with Gasteiger partial charge in [-0.3, -0.25) is 8.80 Å². The van der Waals surface area contributed by atoms with Crippen molar-refractivity contribution in [1.29, 1.82) is 0 Å². The van der Waals surface area contributed by atoms with Crippen molar-refractivity contribution in [3.05, 3.63) is 152 Å². The van der Waals surface area contributed by atoms with Crippen LogP contribution in [0.5, 0.6) is 0 Å². The number of nitrogens with zero attached hydrogens (tertiary/aromatic N) is 5. The fraction of sp³-hybridized carbons (Fsp3) is 0. The van der Waals surface area contributed by atoms with E-state index in [1.165, 1.54) is 37.8 Å². The first-order chi connectivity index (χ1) is 24.3. The zero-order valence-corrected chi connectivity index (χ0v) is 26.2. The van der Waals surface area contributed by atoms with E-state index >= 15 is 0 Å². The molecular formula is C44H25N5. The molecule has 0 aliphatic heterocycles. The lowest BCUT2D eigenvalue weighted by Gasteiger charge is -2.27. The van der Waals surface area contributed by atoms with Crippen LogP contribution in [0.2, 0.25) is 0 Å². The summed E-state index contributed by atoms with van der Waals surface area (Å²) in [4.78, 5) is 13.5. The molecule has 0 radical (unpaired) electrons. The van der Waals surface area contributed by atoms with Crippen molar-refractivity contribution in [2.24, 2.45) is 0 Å². The quantitative estimate of drug-likeness (QED) is 0.197. The number of para-hydroxylation sites is 5. The summed E-state index contributed by atoms with van der Waals surface area (Å²) in [5.41, 5.74) is 11.6. The number of hydrogen-bond donors (Lipinski definition) is 0. The van der Waals surface area contributed by atoms with Crippen molar-refractivity contribution in [3.8, 4) is 0 Å². The highest BCUT2D eigenvalue weighted by Crippen LogP contribution is 2.48. The molecule has 226 valence electrons. The third-order valence-electron chi connectivity index (χ3n) is 10.5. The molecular weight excluding hydrogens is 599 g/mol. The van der Waals surface area contributed by atoms with Gasteiger partial charge in [0.05, 0.1) is 27.8 Å². The molecule has 7 aromatic carbocycles. The number of anilines is 3. The SMILES string of the molecule is c1ccc(N(c2ccccc2)c2cc3ccccc3c3c4cccc5c6nc7c(nc6n(c23)c54)c2cccc3c4ccccc4n7c32)cc1. The lowest BCUT2D eigenvalue weighted by atomic mass is 10.0. The highest BCUT2D eigenvalue weighted by Gasteiger charge is 2.27. The molecule has 0 bridgehead atoms. The van der Waals surface area contributed by atoms with Crippen molar-refractivity contribution in [2.75, 3.05) is 4.90 Å². The summed E-state index contributed by atoms with van der Waals surface area (Å²) < 4.78 is 4.72. The Morgan fingerprint density at radius 1 is 0.408 bits per heavy atom. The maximum absolute atomic E-state index is 5.60. The smallest absolute Gasteiger partial charge is 0.165 e. The lowest BCUT2D eigenvalue weighted by Crippen LogP contribution is -2.11. The van der Waals surface area contributed by atoms with Gasteiger partial charge in [-0.25, -0.2) is 9.97 Å². The maximum atomic E-state index is 5.60. The van der Waals surface area contributed by atoms with E-state index in [-0.39, 0.29) is 0 Å². The van der Waals surface area contributed by atoms with Crippen molar-refractivity contribution in [3.63, 3.8) is 0 Å². The Morgan fingerprint density at radius 2 is 0.939 bits per heavy atom. The highest BCUT2D eigenvalue weighted by atomic mass is 15.2. The Hall–Kier alpha value is -6.72. The van der Waals surface area contributed by atoms with Gasteiger partial charge >= 0.3 is 0 Å². The molecule has 0 fully saturated rings. The zero-order chi connectivity index (χ0) is 31.8. The van der Waals surface area contributed by atoms with Crippen molar-refractivity contribution >= 4 is 105 Å². The topological polar surface area (TPSA) is 37.8 Å². The Bertz CT molecular complexity index is 3230. The molecule has 0 amide bonds. The molecule has 0 spiro atoms. The van der Waals surface area contributed by atoms with Crippen LogP contribution in [-0.4, -0.2) is 18.8 Å². The zero-order valence-electron chi connectivity index (χ0n) is 26.2. The first-order valence-electron chi connectivity index (χ1n) is 16.7. The maximum Gasteiger partial charge on any atom is 0.165 e. The average Bonchev–Trinajstić information content (AvgIpc) is 3.89. The molecule has 49 heavy (non-hydrogen) atoms. The van der Waals surface area contributed by atoms with Gasteiger partial charge in [0.2, 0.25) is 0 Å². The Labute approximate surface area is 279 Å². The average molecular weight is 624 g/mol. The second-order valence-corrected chi connectivity index (χ2v) is 13.0. The first-order valence-corrected chi connectivity index (χ1v) is 16.7. The molecule has 12 aromatic rings. The van der Waals surface area contributed by atoms with Crippen LogP contribution in [0.1, 0.15) is 0 Å². The summed E-state index contributed by atoms with van der Waals surface area (Å²) in [5.74, 6) is 0. The third-order valence-corrected chi connectivity index (χ3v) is 10.5. The fourth-order valence-electron chi connectivity index (χ4n) is 8.59. The third kappa shape index (κ3) is 3.10. The summed E-state index contributed by atoms with van der Waals surface area (Å²) >= 11 is 0. The van der Waals surface area contributed by atoms with Gasteiger partial charge < -0.3 is 4.90 Å². The van der Waals surface area contributed by atoms with Gasteiger partial charge in [0.1, 0.15) is 11.0 Å². The van der Waals surface area contributed by atoms with Crippen LogP contribution in [0, 0.1) is 0 Å². The molecule has 0 saturated carbocycles. The molecule has 0 saturated heterocycles. The van der Waals surface area contributed by atoms with Gasteiger partial charge in [0, 0.05) is 43.7 Å². The summed E-state index contributed by atoms with van der Waals surface area (Å²) in [6.07, 6.45) is 0.